The van der Waals surface area contributed by atoms with Crippen LogP contribution in [0.1, 0.15) is 17.2 Å². The molecule has 3 aromatic rings. The van der Waals surface area contributed by atoms with E-state index in [0.29, 0.717) is 16.3 Å². The number of amides is 1. The minimum atomic E-state index is -0.895. The van der Waals surface area contributed by atoms with Crippen LogP contribution in [0, 0.1) is 0 Å². The first-order valence-corrected chi connectivity index (χ1v) is 9.99. The number of ketones is 1. The molecule has 2 heterocycles. The number of Topliss-reactive ketones (excluding diaryl/α,β-unsaturated/α-hetero) is 1. The standard InChI is InChI=1S/C23H16Cl2N2O4/c1-31-17-10-7-14(12-16(17)25)21(28)19-20(13-5-8-15(24)9-6-13)27(23(30)22(19)29)18-4-2-3-11-26-18/h2-12,20,28H,1H3/b21-19+. The highest BCUT2D eigenvalue weighted by molar-refractivity contribution is 6.51. The molecule has 1 aromatic heterocycles. The summed E-state index contributed by atoms with van der Waals surface area (Å²) in [5.41, 5.74) is 0.804. The van der Waals surface area contributed by atoms with Gasteiger partial charge >= 0.3 is 5.91 Å². The molecule has 1 atom stereocenters. The summed E-state index contributed by atoms with van der Waals surface area (Å²) in [6.45, 7) is 0. The molecule has 6 nitrogen and oxygen atoms in total. The average molecular weight is 455 g/mol. The van der Waals surface area contributed by atoms with Crippen molar-refractivity contribution in [3.05, 3.63) is 93.6 Å². The fourth-order valence-corrected chi connectivity index (χ4v) is 3.88. The normalized spacial score (nSPS) is 17.8. The second kappa shape index (κ2) is 8.41. The maximum absolute atomic E-state index is 13.0. The molecule has 1 aliphatic rings. The predicted octanol–water partition coefficient (Wildman–Crippen LogP) is 5.02. The first-order valence-electron chi connectivity index (χ1n) is 9.23. The average Bonchev–Trinajstić information content (AvgIpc) is 3.05. The van der Waals surface area contributed by atoms with E-state index in [9.17, 15) is 14.7 Å². The lowest BCUT2D eigenvalue weighted by atomic mass is 9.95. The molecule has 0 saturated carbocycles. The van der Waals surface area contributed by atoms with Gasteiger partial charge in [0.05, 0.1) is 23.7 Å². The molecule has 156 valence electrons. The molecule has 0 radical (unpaired) electrons. The molecule has 0 aliphatic carbocycles. The van der Waals surface area contributed by atoms with E-state index in [1.54, 1.807) is 54.6 Å². The third-order valence-corrected chi connectivity index (χ3v) is 5.50. The molecule has 0 bridgehead atoms. The summed E-state index contributed by atoms with van der Waals surface area (Å²) in [6.07, 6.45) is 1.52. The molecule has 4 rings (SSSR count). The summed E-state index contributed by atoms with van der Waals surface area (Å²) in [6, 6.07) is 15.5. The zero-order chi connectivity index (χ0) is 22.1. The second-order valence-electron chi connectivity index (χ2n) is 6.76. The topological polar surface area (TPSA) is 79.7 Å². The highest BCUT2D eigenvalue weighted by atomic mass is 35.5. The van der Waals surface area contributed by atoms with Gasteiger partial charge in [-0.15, -0.1) is 0 Å². The summed E-state index contributed by atoms with van der Waals surface area (Å²) >= 11 is 12.2. The molecule has 1 N–H and O–H groups in total. The number of hydrogen-bond acceptors (Lipinski definition) is 5. The molecule has 1 fully saturated rings. The lowest BCUT2D eigenvalue weighted by molar-refractivity contribution is -0.132. The highest BCUT2D eigenvalue weighted by Gasteiger charge is 2.47. The number of aliphatic hydroxyl groups is 1. The number of ether oxygens (including phenoxy) is 1. The van der Waals surface area contributed by atoms with Gasteiger partial charge in [0.2, 0.25) is 0 Å². The number of anilines is 1. The van der Waals surface area contributed by atoms with Crippen molar-refractivity contribution >= 4 is 46.5 Å². The Morgan fingerprint density at radius 3 is 2.42 bits per heavy atom. The van der Waals surface area contributed by atoms with Gasteiger partial charge < -0.3 is 9.84 Å². The van der Waals surface area contributed by atoms with Crippen molar-refractivity contribution in [2.45, 2.75) is 6.04 Å². The number of pyridine rings is 1. The Kier molecular flexibility index (Phi) is 5.67. The van der Waals surface area contributed by atoms with Gasteiger partial charge in [-0.05, 0) is 48.0 Å². The quantitative estimate of drug-likeness (QED) is 0.340. The Hall–Kier alpha value is -3.35. The molecule has 1 amide bonds. The van der Waals surface area contributed by atoms with E-state index < -0.39 is 17.7 Å². The monoisotopic (exact) mass is 454 g/mol. The zero-order valence-corrected chi connectivity index (χ0v) is 17.8. The Bertz CT molecular complexity index is 1190. The molecule has 8 heteroatoms. The highest BCUT2D eigenvalue weighted by Crippen LogP contribution is 2.42. The number of carbonyl (C=O) groups is 2. The Labute approximate surface area is 188 Å². The smallest absolute Gasteiger partial charge is 0.301 e. The second-order valence-corrected chi connectivity index (χ2v) is 7.60. The number of aromatic nitrogens is 1. The van der Waals surface area contributed by atoms with Gasteiger partial charge in [0.25, 0.3) is 5.78 Å². The van der Waals surface area contributed by atoms with Gasteiger partial charge in [-0.2, -0.15) is 0 Å². The number of halogens is 2. The SMILES string of the molecule is COc1ccc(/C(O)=C2\C(=O)C(=O)N(c3ccccn3)C2c2ccc(Cl)cc2)cc1Cl. The van der Waals surface area contributed by atoms with E-state index in [4.69, 9.17) is 27.9 Å². The fourth-order valence-electron chi connectivity index (χ4n) is 3.49. The number of methoxy groups -OCH3 is 1. The lowest BCUT2D eigenvalue weighted by Crippen LogP contribution is -2.30. The number of carbonyl (C=O) groups excluding carboxylic acids is 2. The largest absolute Gasteiger partial charge is 0.507 e. The molecular weight excluding hydrogens is 439 g/mol. The van der Waals surface area contributed by atoms with Crippen LogP contribution in [0.2, 0.25) is 10.0 Å². The van der Waals surface area contributed by atoms with Crippen LogP contribution in [0.4, 0.5) is 5.82 Å². The van der Waals surface area contributed by atoms with Crippen LogP contribution in [0.3, 0.4) is 0 Å². The number of aliphatic hydroxyl groups excluding tert-OH is 1. The Balaban J connectivity index is 1.93. The third-order valence-electron chi connectivity index (χ3n) is 4.95. The minimum Gasteiger partial charge on any atom is -0.507 e. The van der Waals surface area contributed by atoms with Gasteiger partial charge in [-0.1, -0.05) is 41.4 Å². The van der Waals surface area contributed by atoms with Gasteiger partial charge in [0.1, 0.15) is 17.3 Å². The predicted molar refractivity (Wildman–Crippen MR) is 118 cm³/mol. The van der Waals surface area contributed by atoms with Crippen LogP contribution < -0.4 is 9.64 Å². The summed E-state index contributed by atoms with van der Waals surface area (Å²) in [4.78, 5) is 31.5. The zero-order valence-electron chi connectivity index (χ0n) is 16.3. The van der Waals surface area contributed by atoms with Crippen molar-refractivity contribution in [1.82, 2.24) is 4.98 Å². The Morgan fingerprint density at radius 1 is 1.06 bits per heavy atom. The number of rotatable bonds is 4. The van der Waals surface area contributed by atoms with E-state index in [1.165, 1.54) is 24.3 Å². The van der Waals surface area contributed by atoms with Crippen molar-refractivity contribution in [3.8, 4) is 5.75 Å². The molecule has 2 aromatic carbocycles. The van der Waals surface area contributed by atoms with Gasteiger partial charge in [-0.3, -0.25) is 14.5 Å². The van der Waals surface area contributed by atoms with Crippen LogP contribution in [0.5, 0.6) is 5.75 Å². The third kappa shape index (κ3) is 3.76. The fraction of sp³-hybridized carbons (Fsp3) is 0.0870. The summed E-state index contributed by atoms with van der Waals surface area (Å²) < 4.78 is 5.14. The molecule has 1 saturated heterocycles. The summed E-state index contributed by atoms with van der Waals surface area (Å²) in [5.74, 6) is -1.26. The first kappa shape index (κ1) is 20.9. The molecular formula is C23H16Cl2N2O4. The maximum atomic E-state index is 13.0. The van der Waals surface area contributed by atoms with Gasteiger partial charge in [-0.25, -0.2) is 4.98 Å². The van der Waals surface area contributed by atoms with E-state index in [0.717, 1.165) is 0 Å². The number of hydrogen-bond donors (Lipinski definition) is 1. The number of benzene rings is 2. The molecule has 0 spiro atoms. The first-order chi connectivity index (χ1) is 14.9. The van der Waals surface area contributed by atoms with Crippen LogP contribution in [0.15, 0.2) is 72.4 Å². The van der Waals surface area contributed by atoms with Gasteiger partial charge in [0.15, 0.2) is 0 Å². The maximum Gasteiger partial charge on any atom is 0.301 e. The van der Waals surface area contributed by atoms with E-state index in [2.05, 4.69) is 4.98 Å². The van der Waals surface area contributed by atoms with E-state index in [1.807, 2.05) is 0 Å². The molecule has 31 heavy (non-hydrogen) atoms. The van der Waals surface area contributed by atoms with Crippen molar-refractivity contribution in [2.75, 3.05) is 12.0 Å². The van der Waals surface area contributed by atoms with Crippen molar-refractivity contribution in [2.24, 2.45) is 0 Å². The van der Waals surface area contributed by atoms with E-state index >= 15 is 0 Å². The van der Waals surface area contributed by atoms with Crippen LogP contribution in [0.25, 0.3) is 5.76 Å². The molecule has 1 unspecified atom stereocenters. The minimum absolute atomic E-state index is 0.0702. The van der Waals surface area contributed by atoms with Crippen molar-refractivity contribution < 1.29 is 19.4 Å². The Morgan fingerprint density at radius 2 is 1.81 bits per heavy atom. The number of nitrogens with zero attached hydrogens (tertiary/aromatic N) is 2. The summed E-state index contributed by atoms with van der Waals surface area (Å²) in [7, 11) is 1.47. The van der Waals surface area contributed by atoms with Crippen molar-refractivity contribution in [1.29, 1.82) is 0 Å². The van der Waals surface area contributed by atoms with Crippen LogP contribution >= 0.6 is 23.2 Å². The van der Waals surface area contributed by atoms with Crippen LogP contribution in [-0.2, 0) is 9.59 Å². The van der Waals surface area contributed by atoms with Crippen molar-refractivity contribution in [3.63, 3.8) is 0 Å². The van der Waals surface area contributed by atoms with Gasteiger partial charge in [0, 0.05) is 16.8 Å². The summed E-state index contributed by atoms with van der Waals surface area (Å²) in [5, 5.41) is 11.8. The van der Waals surface area contributed by atoms with Crippen LogP contribution in [-0.4, -0.2) is 28.9 Å². The molecule has 1 aliphatic heterocycles. The van der Waals surface area contributed by atoms with E-state index in [-0.39, 0.29) is 27.7 Å². The lowest BCUT2D eigenvalue weighted by Gasteiger charge is -2.24.